The molecule has 8 heteroatoms. The summed E-state index contributed by atoms with van der Waals surface area (Å²) < 4.78 is 23.6. The van der Waals surface area contributed by atoms with E-state index in [1.165, 1.54) is 6.07 Å². The van der Waals surface area contributed by atoms with Gasteiger partial charge < -0.3 is 24.4 Å². The molecule has 30 heavy (non-hydrogen) atoms. The summed E-state index contributed by atoms with van der Waals surface area (Å²) in [6.07, 6.45) is -0.126. The van der Waals surface area contributed by atoms with Gasteiger partial charge in [-0.2, -0.15) is 0 Å². The molecule has 1 fully saturated rings. The number of fused-ring (bicyclic) bond motifs is 1. The highest BCUT2D eigenvalue weighted by atomic mass is 31.2. The minimum absolute atomic E-state index is 0.0130. The lowest BCUT2D eigenvalue weighted by atomic mass is 9.85. The first kappa shape index (κ1) is 21.2. The summed E-state index contributed by atoms with van der Waals surface area (Å²) in [7, 11) is -3.89. The van der Waals surface area contributed by atoms with E-state index < -0.39 is 13.5 Å². The quantitative estimate of drug-likeness (QED) is 0.637. The van der Waals surface area contributed by atoms with Crippen LogP contribution in [0.3, 0.4) is 0 Å². The molecule has 0 bridgehead atoms. The third-order valence-corrected chi connectivity index (χ3v) is 7.43. The van der Waals surface area contributed by atoms with Crippen molar-refractivity contribution >= 4 is 7.60 Å². The average Bonchev–Trinajstić information content (AvgIpc) is 2.67. The standard InChI is InChI=1S/C22H28NO6P/c1-13-8-14(2)21-18(12-30(26,27)29-22(21)15(13)3)17-9-16(19(24)10-20(17)25)11-23-4-6-28-7-5-23/h8-10,18,24-25H,4-7,11-12H2,1-3H3,(H,26,27). The molecule has 0 amide bonds. The minimum Gasteiger partial charge on any atom is -0.508 e. The second kappa shape index (κ2) is 7.89. The highest BCUT2D eigenvalue weighted by molar-refractivity contribution is 7.53. The summed E-state index contributed by atoms with van der Waals surface area (Å²) in [5, 5.41) is 21.1. The Labute approximate surface area is 176 Å². The lowest BCUT2D eigenvalue weighted by Crippen LogP contribution is -2.35. The Morgan fingerprint density at radius 1 is 1.07 bits per heavy atom. The van der Waals surface area contributed by atoms with Crippen molar-refractivity contribution in [2.75, 3.05) is 32.5 Å². The second-order valence-corrected chi connectivity index (χ2v) is 10.1. The Hall–Kier alpha value is -2.05. The molecular formula is C22H28NO6P. The topological polar surface area (TPSA) is 99.5 Å². The van der Waals surface area contributed by atoms with E-state index in [9.17, 15) is 19.7 Å². The second-order valence-electron chi connectivity index (χ2n) is 8.27. The van der Waals surface area contributed by atoms with Gasteiger partial charge in [0.1, 0.15) is 17.2 Å². The van der Waals surface area contributed by atoms with Crippen LogP contribution in [0.4, 0.5) is 0 Å². The monoisotopic (exact) mass is 433 g/mol. The zero-order chi connectivity index (χ0) is 21.6. The van der Waals surface area contributed by atoms with E-state index in [1.54, 1.807) is 6.07 Å². The summed E-state index contributed by atoms with van der Waals surface area (Å²) in [6.45, 7) is 9.09. The van der Waals surface area contributed by atoms with E-state index in [-0.39, 0.29) is 17.7 Å². The van der Waals surface area contributed by atoms with Gasteiger partial charge in [0.2, 0.25) is 0 Å². The number of nitrogens with zero attached hydrogens (tertiary/aromatic N) is 1. The highest BCUT2D eigenvalue weighted by Crippen LogP contribution is 2.58. The van der Waals surface area contributed by atoms with Gasteiger partial charge in [-0.1, -0.05) is 6.07 Å². The molecule has 2 unspecified atom stereocenters. The number of rotatable bonds is 3. The molecule has 2 heterocycles. The van der Waals surface area contributed by atoms with Crippen molar-refractivity contribution < 1.29 is 28.9 Å². The van der Waals surface area contributed by atoms with Gasteiger partial charge in [-0.25, -0.2) is 4.57 Å². The summed E-state index contributed by atoms with van der Waals surface area (Å²) in [4.78, 5) is 12.6. The van der Waals surface area contributed by atoms with E-state index in [0.29, 0.717) is 36.6 Å². The normalized spacial score (nSPS) is 24.3. The molecular weight excluding hydrogens is 405 g/mol. The first-order valence-electron chi connectivity index (χ1n) is 10.1. The van der Waals surface area contributed by atoms with Crippen LogP contribution in [0.2, 0.25) is 0 Å². The number of hydrogen-bond donors (Lipinski definition) is 3. The molecule has 2 aliphatic heterocycles. The van der Waals surface area contributed by atoms with E-state index in [4.69, 9.17) is 9.26 Å². The fourth-order valence-electron chi connectivity index (χ4n) is 4.42. The van der Waals surface area contributed by atoms with Crippen LogP contribution >= 0.6 is 7.60 Å². The Morgan fingerprint density at radius 3 is 2.47 bits per heavy atom. The highest BCUT2D eigenvalue weighted by Gasteiger charge is 2.39. The number of ether oxygens (including phenoxy) is 1. The number of morpholine rings is 1. The third kappa shape index (κ3) is 3.95. The molecule has 2 aromatic carbocycles. The molecule has 0 saturated carbocycles. The summed E-state index contributed by atoms with van der Waals surface area (Å²) in [5.41, 5.74) is 4.77. The minimum atomic E-state index is -3.89. The number of hydrogen-bond acceptors (Lipinski definition) is 6. The molecule has 0 spiro atoms. The Kier molecular flexibility index (Phi) is 5.58. The maximum Gasteiger partial charge on any atom is 0.377 e. The maximum absolute atomic E-state index is 12.7. The number of benzene rings is 2. The number of phenols is 2. The molecule has 0 radical (unpaired) electrons. The fraction of sp³-hybridized carbons (Fsp3) is 0.455. The molecule has 3 N–H and O–H groups in total. The van der Waals surface area contributed by atoms with Gasteiger partial charge in [0.15, 0.2) is 0 Å². The molecule has 2 atom stereocenters. The van der Waals surface area contributed by atoms with Crippen LogP contribution in [0.1, 0.15) is 39.3 Å². The number of aromatic hydroxyl groups is 2. The Balaban J connectivity index is 1.81. The first-order valence-corrected chi connectivity index (χ1v) is 11.9. The molecule has 0 aliphatic carbocycles. The van der Waals surface area contributed by atoms with E-state index in [0.717, 1.165) is 35.3 Å². The van der Waals surface area contributed by atoms with E-state index >= 15 is 0 Å². The summed E-state index contributed by atoms with van der Waals surface area (Å²) in [6, 6.07) is 5.12. The predicted octanol–water partition coefficient (Wildman–Crippen LogP) is 3.56. The van der Waals surface area contributed by atoms with Crippen molar-refractivity contribution in [1.29, 1.82) is 0 Å². The van der Waals surface area contributed by atoms with Crippen LogP contribution in [0.15, 0.2) is 18.2 Å². The van der Waals surface area contributed by atoms with Crippen molar-refractivity contribution in [3.8, 4) is 17.2 Å². The lowest BCUT2D eigenvalue weighted by molar-refractivity contribution is 0.0338. The zero-order valence-electron chi connectivity index (χ0n) is 17.5. The van der Waals surface area contributed by atoms with Crippen LogP contribution in [-0.4, -0.2) is 52.5 Å². The molecule has 162 valence electrons. The Bertz CT molecular complexity index is 1030. The van der Waals surface area contributed by atoms with E-state index in [1.807, 2.05) is 26.8 Å². The third-order valence-electron chi connectivity index (χ3n) is 6.13. The molecule has 7 nitrogen and oxygen atoms in total. The van der Waals surface area contributed by atoms with Crippen molar-refractivity contribution in [2.24, 2.45) is 0 Å². The molecule has 1 saturated heterocycles. The molecule has 4 rings (SSSR count). The molecule has 2 aromatic rings. The predicted molar refractivity (Wildman–Crippen MR) is 114 cm³/mol. The van der Waals surface area contributed by atoms with Gasteiger partial charge in [-0.05, 0) is 43.5 Å². The van der Waals surface area contributed by atoms with Gasteiger partial charge in [-0.3, -0.25) is 4.90 Å². The number of aryl methyl sites for hydroxylation is 2. The largest absolute Gasteiger partial charge is 0.508 e. The van der Waals surface area contributed by atoms with Gasteiger partial charge in [-0.15, -0.1) is 0 Å². The van der Waals surface area contributed by atoms with Crippen LogP contribution in [0, 0.1) is 20.8 Å². The fourth-order valence-corrected chi connectivity index (χ4v) is 5.86. The summed E-state index contributed by atoms with van der Waals surface area (Å²) in [5.74, 6) is -0.155. The summed E-state index contributed by atoms with van der Waals surface area (Å²) >= 11 is 0. The Morgan fingerprint density at radius 2 is 1.77 bits per heavy atom. The maximum atomic E-state index is 12.7. The first-order chi connectivity index (χ1) is 14.2. The van der Waals surface area contributed by atoms with Crippen molar-refractivity contribution in [2.45, 2.75) is 33.2 Å². The van der Waals surface area contributed by atoms with Crippen molar-refractivity contribution in [3.63, 3.8) is 0 Å². The van der Waals surface area contributed by atoms with Crippen LogP contribution in [0.25, 0.3) is 0 Å². The molecule has 0 aromatic heterocycles. The number of phenolic OH excluding ortho intramolecular Hbond substituents is 2. The van der Waals surface area contributed by atoms with Crippen LogP contribution in [-0.2, 0) is 15.8 Å². The van der Waals surface area contributed by atoms with Crippen LogP contribution in [0.5, 0.6) is 17.2 Å². The average molecular weight is 433 g/mol. The SMILES string of the molecule is Cc1cc(C)c2c(c1C)OP(=O)(O)CC2c1cc(CN2CCOCC2)c(O)cc1O. The van der Waals surface area contributed by atoms with E-state index in [2.05, 4.69) is 4.90 Å². The van der Waals surface area contributed by atoms with Crippen molar-refractivity contribution in [3.05, 3.63) is 51.6 Å². The van der Waals surface area contributed by atoms with Gasteiger partial charge >= 0.3 is 7.60 Å². The lowest BCUT2D eigenvalue weighted by Gasteiger charge is -2.33. The van der Waals surface area contributed by atoms with Gasteiger partial charge in [0.05, 0.1) is 19.4 Å². The van der Waals surface area contributed by atoms with Crippen molar-refractivity contribution in [1.82, 2.24) is 4.90 Å². The van der Waals surface area contributed by atoms with Gasteiger partial charge in [0.25, 0.3) is 0 Å². The molecule has 2 aliphatic rings. The zero-order valence-corrected chi connectivity index (χ0v) is 18.4. The smallest absolute Gasteiger partial charge is 0.377 e. The van der Waals surface area contributed by atoms with Crippen LogP contribution < -0.4 is 4.52 Å². The van der Waals surface area contributed by atoms with Gasteiger partial charge in [0, 0.05) is 48.3 Å².